The van der Waals surface area contributed by atoms with E-state index in [1.165, 1.54) is 17.0 Å². The lowest BCUT2D eigenvalue weighted by Gasteiger charge is -2.32. The van der Waals surface area contributed by atoms with Crippen molar-refractivity contribution in [1.82, 2.24) is 10.2 Å². The highest BCUT2D eigenvalue weighted by Gasteiger charge is 2.32. The van der Waals surface area contributed by atoms with Crippen molar-refractivity contribution >= 4 is 27.5 Å². The van der Waals surface area contributed by atoms with Crippen LogP contribution in [0.1, 0.15) is 30.5 Å². The Bertz CT molecular complexity index is 1360. The van der Waals surface area contributed by atoms with Crippen LogP contribution in [-0.2, 0) is 26.2 Å². The molecule has 0 aromatic heterocycles. The second-order valence-corrected chi connectivity index (χ2v) is 11.0. The second-order valence-electron chi connectivity index (χ2n) is 9.11. The Labute approximate surface area is 225 Å². The summed E-state index contributed by atoms with van der Waals surface area (Å²) in [6.07, 6.45) is 0. The van der Waals surface area contributed by atoms with E-state index in [1.807, 2.05) is 26.0 Å². The minimum atomic E-state index is -4.09. The number of anilines is 1. The van der Waals surface area contributed by atoms with Crippen molar-refractivity contribution in [3.63, 3.8) is 0 Å². The summed E-state index contributed by atoms with van der Waals surface area (Å²) in [6, 6.07) is 19.8. The van der Waals surface area contributed by atoms with Crippen LogP contribution >= 0.6 is 0 Å². The number of nitrogens with one attached hydrogen (secondary N) is 1. The number of methoxy groups -OCH3 is 1. The van der Waals surface area contributed by atoms with E-state index in [0.717, 1.165) is 21.0 Å². The minimum Gasteiger partial charge on any atom is -0.497 e. The molecule has 9 heteroatoms. The van der Waals surface area contributed by atoms with E-state index in [-0.39, 0.29) is 17.3 Å². The third-order valence-electron chi connectivity index (χ3n) is 6.11. The summed E-state index contributed by atoms with van der Waals surface area (Å²) in [5.41, 5.74) is 2.86. The molecule has 0 aliphatic carbocycles. The highest BCUT2D eigenvalue weighted by atomic mass is 32.2. The number of aryl methyl sites for hydroxylation is 2. The first-order valence-electron chi connectivity index (χ1n) is 12.4. The molecule has 0 saturated heterocycles. The number of carbonyl (C=O) groups is 2. The van der Waals surface area contributed by atoms with Crippen LogP contribution in [0.25, 0.3) is 0 Å². The van der Waals surface area contributed by atoms with Gasteiger partial charge in [-0.15, -0.1) is 0 Å². The number of rotatable bonds is 11. The summed E-state index contributed by atoms with van der Waals surface area (Å²) in [5.74, 6) is -0.220. The molecule has 1 unspecified atom stereocenters. The summed E-state index contributed by atoms with van der Waals surface area (Å²) in [5, 5.41) is 2.76. The molecule has 0 aliphatic heterocycles. The van der Waals surface area contributed by atoms with Crippen LogP contribution in [0.15, 0.2) is 77.7 Å². The topological polar surface area (TPSA) is 96.0 Å². The highest BCUT2D eigenvalue weighted by Crippen LogP contribution is 2.27. The molecule has 0 fully saturated rings. The molecule has 38 heavy (non-hydrogen) atoms. The predicted molar refractivity (Wildman–Crippen MR) is 149 cm³/mol. The van der Waals surface area contributed by atoms with Crippen molar-refractivity contribution in [2.24, 2.45) is 0 Å². The maximum atomic E-state index is 13.9. The summed E-state index contributed by atoms with van der Waals surface area (Å²) < 4.78 is 34.1. The first-order valence-corrected chi connectivity index (χ1v) is 13.9. The van der Waals surface area contributed by atoms with Crippen molar-refractivity contribution in [1.29, 1.82) is 0 Å². The molecule has 0 spiro atoms. The van der Waals surface area contributed by atoms with E-state index in [0.29, 0.717) is 18.0 Å². The summed E-state index contributed by atoms with van der Waals surface area (Å²) in [4.78, 5) is 28.2. The lowest BCUT2D eigenvalue weighted by Crippen LogP contribution is -2.51. The fourth-order valence-corrected chi connectivity index (χ4v) is 5.63. The van der Waals surface area contributed by atoms with Crippen LogP contribution in [0.2, 0.25) is 0 Å². The van der Waals surface area contributed by atoms with Gasteiger partial charge in [0.15, 0.2) is 0 Å². The van der Waals surface area contributed by atoms with Crippen molar-refractivity contribution in [3.05, 3.63) is 89.5 Å². The number of hydrogen-bond donors (Lipinski definition) is 1. The van der Waals surface area contributed by atoms with Gasteiger partial charge in [0.2, 0.25) is 11.8 Å². The monoisotopic (exact) mass is 537 g/mol. The quantitative estimate of drug-likeness (QED) is 0.398. The predicted octanol–water partition coefficient (Wildman–Crippen LogP) is 4.06. The maximum absolute atomic E-state index is 13.9. The molecule has 8 nitrogen and oxygen atoms in total. The molecule has 2 amide bonds. The van der Waals surface area contributed by atoms with Gasteiger partial charge in [0.05, 0.1) is 17.7 Å². The van der Waals surface area contributed by atoms with Crippen LogP contribution in [0.4, 0.5) is 5.69 Å². The first-order chi connectivity index (χ1) is 18.1. The van der Waals surface area contributed by atoms with Crippen LogP contribution in [-0.4, -0.2) is 51.4 Å². The average molecular weight is 538 g/mol. The zero-order valence-electron chi connectivity index (χ0n) is 22.5. The fourth-order valence-electron chi connectivity index (χ4n) is 4.22. The Morgan fingerprint density at radius 3 is 2.21 bits per heavy atom. The Morgan fingerprint density at radius 1 is 0.947 bits per heavy atom. The third-order valence-corrected chi connectivity index (χ3v) is 7.90. The Hall–Kier alpha value is -3.85. The minimum absolute atomic E-state index is 0.0723. The molecule has 3 aromatic rings. The van der Waals surface area contributed by atoms with Crippen LogP contribution in [0, 0.1) is 13.8 Å². The fraction of sp³-hybridized carbons (Fsp3) is 0.310. The number of amides is 2. The number of likely N-dealkylation sites (N-methyl/N-ethyl adjacent to an activating group) is 1. The summed E-state index contributed by atoms with van der Waals surface area (Å²) in [6.45, 7) is 7.20. The van der Waals surface area contributed by atoms with Crippen LogP contribution in [0.5, 0.6) is 5.75 Å². The zero-order valence-corrected chi connectivity index (χ0v) is 23.3. The van der Waals surface area contributed by atoms with E-state index in [9.17, 15) is 18.0 Å². The molecular weight excluding hydrogens is 502 g/mol. The standard InChI is InChI=1S/C29H35N3O5S/c1-6-30-29(34)23(4)31(19-24-11-10-12-26(18-24)37-5)28(33)20-32(25-16-21(2)15-22(3)17-25)38(35,36)27-13-8-7-9-14-27/h7-18,23H,6,19-20H2,1-5H3,(H,30,34). The molecule has 3 aromatic carbocycles. The molecule has 0 radical (unpaired) electrons. The molecule has 3 rings (SSSR count). The van der Waals surface area contributed by atoms with Crippen molar-refractivity contribution < 1.29 is 22.7 Å². The molecule has 0 heterocycles. The Morgan fingerprint density at radius 2 is 1.61 bits per heavy atom. The number of hydrogen-bond acceptors (Lipinski definition) is 5. The van der Waals surface area contributed by atoms with Gasteiger partial charge in [-0.1, -0.05) is 36.4 Å². The Balaban J connectivity index is 2.05. The highest BCUT2D eigenvalue weighted by molar-refractivity contribution is 7.92. The van der Waals surface area contributed by atoms with Crippen molar-refractivity contribution in [2.45, 2.75) is 45.2 Å². The first kappa shape index (κ1) is 28.7. The zero-order chi connectivity index (χ0) is 27.9. The van der Waals surface area contributed by atoms with E-state index in [2.05, 4.69) is 5.32 Å². The maximum Gasteiger partial charge on any atom is 0.264 e. The average Bonchev–Trinajstić information content (AvgIpc) is 2.90. The van der Waals surface area contributed by atoms with E-state index in [1.54, 1.807) is 69.5 Å². The molecular formula is C29H35N3O5S. The van der Waals surface area contributed by atoms with Gasteiger partial charge in [-0.3, -0.25) is 13.9 Å². The van der Waals surface area contributed by atoms with Crippen molar-refractivity contribution in [2.75, 3.05) is 24.5 Å². The number of sulfonamides is 1. The molecule has 202 valence electrons. The second kappa shape index (κ2) is 12.6. The largest absolute Gasteiger partial charge is 0.497 e. The lowest BCUT2D eigenvalue weighted by atomic mass is 10.1. The van der Waals surface area contributed by atoms with Gasteiger partial charge in [0.1, 0.15) is 18.3 Å². The molecule has 1 N–H and O–H groups in total. The van der Waals surface area contributed by atoms with Gasteiger partial charge in [-0.2, -0.15) is 0 Å². The normalized spacial score (nSPS) is 11.9. The van der Waals surface area contributed by atoms with Gasteiger partial charge in [0, 0.05) is 13.1 Å². The number of nitrogens with zero attached hydrogens (tertiary/aromatic N) is 2. The van der Waals surface area contributed by atoms with Gasteiger partial charge >= 0.3 is 0 Å². The number of carbonyl (C=O) groups excluding carboxylic acids is 2. The molecule has 0 aliphatic rings. The Kier molecular flexibility index (Phi) is 9.52. The van der Waals surface area contributed by atoms with Crippen LogP contribution in [0.3, 0.4) is 0 Å². The number of benzene rings is 3. The smallest absolute Gasteiger partial charge is 0.264 e. The molecule has 0 saturated carbocycles. The van der Waals surface area contributed by atoms with Gasteiger partial charge < -0.3 is 15.0 Å². The third kappa shape index (κ3) is 6.92. The molecule has 0 bridgehead atoms. The van der Waals surface area contributed by atoms with E-state index in [4.69, 9.17) is 4.74 Å². The lowest BCUT2D eigenvalue weighted by molar-refractivity contribution is -0.139. The van der Waals surface area contributed by atoms with E-state index >= 15 is 0 Å². The van der Waals surface area contributed by atoms with Gasteiger partial charge in [0.25, 0.3) is 10.0 Å². The van der Waals surface area contributed by atoms with Crippen molar-refractivity contribution in [3.8, 4) is 5.75 Å². The van der Waals surface area contributed by atoms with E-state index < -0.39 is 28.5 Å². The SMILES string of the molecule is CCNC(=O)C(C)N(Cc1cccc(OC)c1)C(=O)CN(c1cc(C)cc(C)c1)S(=O)(=O)c1ccccc1. The van der Waals surface area contributed by atoms with Gasteiger partial charge in [-0.05, 0) is 80.8 Å². The molecule has 1 atom stereocenters. The van der Waals surface area contributed by atoms with Crippen LogP contribution < -0.4 is 14.4 Å². The number of ether oxygens (including phenoxy) is 1. The summed E-state index contributed by atoms with van der Waals surface area (Å²) >= 11 is 0. The van der Waals surface area contributed by atoms with Gasteiger partial charge in [-0.25, -0.2) is 8.42 Å². The summed E-state index contributed by atoms with van der Waals surface area (Å²) in [7, 11) is -2.54.